The molecule has 0 amide bonds. The van der Waals surface area contributed by atoms with Gasteiger partial charge in [0.05, 0.1) is 18.5 Å². The van der Waals surface area contributed by atoms with E-state index in [2.05, 4.69) is 20.6 Å². The Bertz CT molecular complexity index is 1360. The zero-order chi connectivity index (χ0) is 19.8. The van der Waals surface area contributed by atoms with Gasteiger partial charge in [-0.1, -0.05) is 42.5 Å². The number of para-hydroxylation sites is 1. The van der Waals surface area contributed by atoms with Gasteiger partial charge in [-0.3, -0.25) is 9.20 Å². The van der Waals surface area contributed by atoms with E-state index in [1.807, 2.05) is 60.0 Å². The molecule has 0 aliphatic heterocycles. The van der Waals surface area contributed by atoms with Crippen LogP contribution in [-0.2, 0) is 0 Å². The van der Waals surface area contributed by atoms with Gasteiger partial charge in [0, 0.05) is 10.9 Å². The van der Waals surface area contributed by atoms with E-state index in [1.54, 1.807) is 11.5 Å². The minimum atomic E-state index is -0.266. The predicted octanol–water partition coefficient (Wildman–Crippen LogP) is 3.28. The maximum absolute atomic E-state index is 13.6. The highest BCUT2D eigenvalue weighted by atomic mass is 32.1. The topological polar surface area (TPSA) is 98.1 Å². The van der Waals surface area contributed by atoms with Gasteiger partial charge < -0.3 is 4.74 Å². The minimum Gasteiger partial charge on any atom is -0.496 e. The Morgan fingerprint density at radius 3 is 2.62 bits per heavy atom. The molecule has 142 valence electrons. The lowest BCUT2D eigenvalue weighted by Gasteiger charge is -2.11. The monoisotopic (exact) mass is 402 g/mol. The molecule has 0 unspecified atom stereocenters. The molecular weight excluding hydrogens is 388 g/mol. The number of aromatic nitrogens is 6. The van der Waals surface area contributed by atoms with Gasteiger partial charge in [-0.05, 0) is 22.9 Å². The van der Waals surface area contributed by atoms with Crippen LogP contribution >= 0.6 is 11.3 Å². The largest absolute Gasteiger partial charge is 0.496 e. The Balaban J connectivity index is 1.88. The number of methoxy groups -OCH3 is 1. The Labute approximate surface area is 168 Å². The summed E-state index contributed by atoms with van der Waals surface area (Å²) in [5, 5.41) is 16.1. The van der Waals surface area contributed by atoms with Crippen LogP contribution in [0.5, 0.6) is 5.75 Å². The predicted molar refractivity (Wildman–Crippen MR) is 110 cm³/mol. The van der Waals surface area contributed by atoms with Crippen LogP contribution in [0, 0.1) is 0 Å². The second-order valence-corrected chi connectivity index (χ2v) is 7.02. The van der Waals surface area contributed by atoms with Crippen LogP contribution in [0.4, 0.5) is 0 Å². The molecule has 3 heterocycles. The average Bonchev–Trinajstić information content (AvgIpc) is 3.44. The summed E-state index contributed by atoms with van der Waals surface area (Å²) in [6.07, 6.45) is 0. The summed E-state index contributed by atoms with van der Waals surface area (Å²) >= 11 is 1.40. The molecule has 0 bridgehead atoms. The molecule has 29 heavy (non-hydrogen) atoms. The first-order valence-corrected chi connectivity index (χ1v) is 9.63. The maximum atomic E-state index is 13.6. The highest BCUT2D eigenvalue weighted by Crippen LogP contribution is 2.34. The fourth-order valence-corrected chi connectivity index (χ4v) is 4.15. The van der Waals surface area contributed by atoms with E-state index in [4.69, 9.17) is 9.72 Å². The van der Waals surface area contributed by atoms with Gasteiger partial charge in [0.25, 0.3) is 5.56 Å². The van der Waals surface area contributed by atoms with Crippen LogP contribution in [0.25, 0.3) is 38.9 Å². The summed E-state index contributed by atoms with van der Waals surface area (Å²) in [4.78, 5) is 19.0. The molecule has 8 nitrogen and oxygen atoms in total. The van der Waals surface area contributed by atoms with Crippen molar-refractivity contribution < 1.29 is 4.74 Å². The number of aromatic amines is 1. The molecule has 5 rings (SSSR count). The Morgan fingerprint density at radius 2 is 1.86 bits per heavy atom. The van der Waals surface area contributed by atoms with Gasteiger partial charge in [0.15, 0.2) is 4.96 Å². The fourth-order valence-electron chi connectivity index (χ4n) is 3.26. The molecule has 0 spiro atoms. The third-order valence-corrected chi connectivity index (χ3v) is 5.40. The van der Waals surface area contributed by atoms with Crippen molar-refractivity contribution in [3.63, 3.8) is 0 Å². The first kappa shape index (κ1) is 17.3. The molecule has 0 saturated carbocycles. The third kappa shape index (κ3) is 2.79. The number of hydrogen-bond acceptors (Lipinski definition) is 7. The summed E-state index contributed by atoms with van der Waals surface area (Å²) in [6, 6.07) is 17.1. The number of ether oxygens (including phenoxy) is 1. The van der Waals surface area contributed by atoms with Gasteiger partial charge in [0.1, 0.15) is 11.3 Å². The van der Waals surface area contributed by atoms with Gasteiger partial charge in [0.2, 0.25) is 5.82 Å². The SMILES string of the molecule is COc1ccccc1-c1nc2scc(-c3ccccc3)n2c(=O)c1-c1nn[nH]n1. The van der Waals surface area contributed by atoms with Crippen molar-refractivity contribution in [1.82, 2.24) is 30.0 Å². The van der Waals surface area contributed by atoms with Crippen LogP contribution in [0.15, 0.2) is 64.8 Å². The Morgan fingerprint density at radius 1 is 1.07 bits per heavy atom. The lowest BCUT2D eigenvalue weighted by atomic mass is 10.1. The molecular formula is C20H14N6O2S. The van der Waals surface area contributed by atoms with E-state index in [0.29, 0.717) is 22.0 Å². The van der Waals surface area contributed by atoms with Gasteiger partial charge in [-0.2, -0.15) is 5.21 Å². The number of thiazole rings is 1. The van der Waals surface area contributed by atoms with Crippen molar-refractivity contribution in [3.8, 4) is 39.7 Å². The molecule has 0 aliphatic rings. The normalized spacial score (nSPS) is 11.1. The number of fused-ring (bicyclic) bond motifs is 1. The molecule has 9 heteroatoms. The molecule has 2 aromatic carbocycles. The van der Waals surface area contributed by atoms with Gasteiger partial charge in [-0.25, -0.2) is 4.98 Å². The first-order chi connectivity index (χ1) is 14.3. The molecule has 0 atom stereocenters. The van der Waals surface area contributed by atoms with Gasteiger partial charge in [-0.15, -0.1) is 21.5 Å². The lowest BCUT2D eigenvalue weighted by Crippen LogP contribution is -2.19. The Hall–Kier alpha value is -3.85. The fraction of sp³-hybridized carbons (Fsp3) is 0.0500. The molecule has 0 saturated heterocycles. The summed E-state index contributed by atoms with van der Waals surface area (Å²) in [5.74, 6) is 0.788. The summed E-state index contributed by atoms with van der Waals surface area (Å²) in [6.45, 7) is 0. The van der Waals surface area contributed by atoms with E-state index >= 15 is 0 Å². The van der Waals surface area contributed by atoms with E-state index < -0.39 is 0 Å². The quantitative estimate of drug-likeness (QED) is 0.495. The summed E-state index contributed by atoms with van der Waals surface area (Å²) in [7, 11) is 1.58. The second-order valence-electron chi connectivity index (χ2n) is 6.18. The molecule has 0 radical (unpaired) electrons. The van der Waals surface area contributed by atoms with Crippen LogP contribution < -0.4 is 10.3 Å². The molecule has 3 aromatic heterocycles. The maximum Gasteiger partial charge on any atom is 0.270 e. The molecule has 0 fully saturated rings. The number of nitrogens with one attached hydrogen (secondary N) is 1. The number of rotatable bonds is 4. The van der Waals surface area contributed by atoms with Crippen molar-refractivity contribution in [2.75, 3.05) is 7.11 Å². The van der Waals surface area contributed by atoms with E-state index in [1.165, 1.54) is 11.3 Å². The number of nitrogens with zero attached hydrogens (tertiary/aromatic N) is 5. The van der Waals surface area contributed by atoms with Crippen molar-refractivity contribution >= 4 is 16.3 Å². The Kier molecular flexibility index (Phi) is 4.14. The summed E-state index contributed by atoms with van der Waals surface area (Å²) < 4.78 is 7.08. The number of hydrogen-bond donors (Lipinski definition) is 1. The van der Waals surface area contributed by atoms with Crippen LogP contribution in [0.3, 0.4) is 0 Å². The van der Waals surface area contributed by atoms with E-state index in [9.17, 15) is 4.79 Å². The zero-order valence-electron chi connectivity index (χ0n) is 15.2. The van der Waals surface area contributed by atoms with Crippen molar-refractivity contribution in [3.05, 3.63) is 70.3 Å². The third-order valence-electron chi connectivity index (χ3n) is 4.57. The van der Waals surface area contributed by atoms with Crippen LogP contribution in [0.2, 0.25) is 0 Å². The van der Waals surface area contributed by atoms with E-state index in [0.717, 1.165) is 11.3 Å². The number of H-pyrrole nitrogens is 1. The van der Waals surface area contributed by atoms with Crippen LogP contribution in [0.1, 0.15) is 0 Å². The highest BCUT2D eigenvalue weighted by molar-refractivity contribution is 7.15. The average molecular weight is 402 g/mol. The second kappa shape index (κ2) is 6.95. The highest BCUT2D eigenvalue weighted by Gasteiger charge is 2.24. The van der Waals surface area contributed by atoms with Crippen molar-refractivity contribution in [1.29, 1.82) is 0 Å². The van der Waals surface area contributed by atoms with E-state index in [-0.39, 0.29) is 16.9 Å². The molecule has 0 aliphatic carbocycles. The number of tetrazole rings is 1. The van der Waals surface area contributed by atoms with Gasteiger partial charge >= 0.3 is 0 Å². The standard InChI is InChI=1S/C20H14N6O2S/c1-28-15-10-6-5-9-13(15)17-16(18-22-24-25-23-18)19(27)26-14(11-29-20(26)21-17)12-7-3-2-4-8-12/h2-11H,1H3,(H,22,23,24,25). The van der Waals surface area contributed by atoms with Crippen molar-refractivity contribution in [2.24, 2.45) is 0 Å². The zero-order valence-corrected chi connectivity index (χ0v) is 16.1. The first-order valence-electron chi connectivity index (χ1n) is 8.75. The summed E-state index contributed by atoms with van der Waals surface area (Å²) in [5.41, 5.74) is 2.82. The molecule has 1 N–H and O–H groups in total. The van der Waals surface area contributed by atoms with Crippen molar-refractivity contribution in [2.45, 2.75) is 0 Å². The minimum absolute atomic E-state index is 0.183. The smallest absolute Gasteiger partial charge is 0.270 e. The van der Waals surface area contributed by atoms with Crippen LogP contribution in [-0.4, -0.2) is 37.1 Å². The molecule has 5 aromatic rings. The number of benzene rings is 2. The lowest BCUT2D eigenvalue weighted by molar-refractivity contribution is 0.416.